The van der Waals surface area contributed by atoms with Crippen LogP contribution in [-0.4, -0.2) is 50.6 Å². The van der Waals surface area contributed by atoms with Gasteiger partial charge in [0.2, 0.25) is 0 Å². The molecular weight excluding hydrogens is 384 g/mol. The summed E-state index contributed by atoms with van der Waals surface area (Å²) in [7, 11) is 4.84. The van der Waals surface area contributed by atoms with Crippen LogP contribution >= 0.6 is 0 Å². The molecule has 30 heavy (non-hydrogen) atoms. The number of methoxy groups -OCH3 is 2. The molecule has 2 rings (SSSR count). The molecule has 0 heterocycles. The number of benzene rings is 2. The zero-order valence-electron chi connectivity index (χ0n) is 18.4. The Hall–Kier alpha value is -3.22. The zero-order valence-corrected chi connectivity index (χ0v) is 18.4. The maximum atomic E-state index is 13.1. The molecule has 7 heteroatoms. The zero-order chi connectivity index (χ0) is 22.3. The van der Waals surface area contributed by atoms with E-state index in [2.05, 4.69) is 5.32 Å². The maximum Gasteiger partial charge on any atom is 0.258 e. The molecule has 0 aliphatic heterocycles. The predicted molar refractivity (Wildman–Crippen MR) is 115 cm³/mol. The standard InChI is InChI=1S/C23H30N2O5/c1-15(2)24-22(26)14-30-20-12-11-17(13-21(20)29-6)23(27)25(4)16(3)18-9-7-8-10-19(18)28-5/h7-13,15-16H,14H2,1-6H3,(H,24,26). The average molecular weight is 415 g/mol. The monoisotopic (exact) mass is 414 g/mol. The van der Waals surface area contributed by atoms with Crippen molar-refractivity contribution in [1.29, 1.82) is 0 Å². The molecule has 0 aliphatic carbocycles. The number of carbonyl (C=O) groups is 2. The van der Waals surface area contributed by atoms with E-state index in [1.165, 1.54) is 7.11 Å². The second-order valence-corrected chi connectivity index (χ2v) is 7.21. The van der Waals surface area contributed by atoms with Crippen molar-refractivity contribution in [3.8, 4) is 17.2 Å². The van der Waals surface area contributed by atoms with Crippen LogP contribution in [0.2, 0.25) is 0 Å². The molecule has 162 valence electrons. The molecule has 1 atom stereocenters. The van der Waals surface area contributed by atoms with Crippen LogP contribution in [0.15, 0.2) is 42.5 Å². The highest BCUT2D eigenvalue weighted by molar-refractivity contribution is 5.95. The lowest BCUT2D eigenvalue weighted by Crippen LogP contribution is -2.34. The van der Waals surface area contributed by atoms with Gasteiger partial charge in [-0.2, -0.15) is 0 Å². The minimum atomic E-state index is -0.224. The second kappa shape index (κ2) is 10.5. The van der Waals surface area contributed by atoms with Gasteiger partial charge in [0.05, 0.1) is 20.3 Å². The maximum absolute atomic E-state index is 13.1. The number of nitrogens with one attached hydrogen (secondary N) is 1. The Kier molecular flexibility index (Phi) is 8.09. The fourth-order valence-corrected chi connectivity index (χ4v) is 3.03. The van der Waals surface area contributed by atoms with Crippen LogP contribution in [0.1, 0.15) is 42.7 Å². The van der Waals surface area contributed by atoms with Gasteiger partial charge in [-0.25, -0.2) is 0 Å². The van der Waals surface area contributed by atoms with Crippen molar-refractivity contribution in [2.45, 2.75) is 32.9 Å². The minimum Gasteiger partial charge on any atom is -0.496 e. The van der Waals surface area contributed by atoms with Gasteiger partial charge in [0, 0.05) is 24.2 Å². The van der Waals surface area contributed by atoms with E-state index in [9.17, 15) is 9.59 Å². The highest BCUT2D eigenvalue weighted by Crippen LogP contribution is 2.31. The smallest absolute Gasteiger partial charge is 0.258 e. The molecule has 0 fully saturated rings. The first-order valence-corrected chi connectivity index (χ1v) is 9.78. The molecule has 1 unspecified atom stereocenters. The van der Waals surface area contributed by atoms with E-state index in [0.717, 1.165) is 11.3 Å². The summed E-state index contributed by atoms with van der Waals surface area (Å²) in [6, 6.07) is 12.4. The van der Waals surface area contributed by atoms with Crippen LogP contribution in [0.5, 0.6) is 17.2 Å². The van der Waals surface area contributed by atoms with Crippen molar-refractivity contribution >= 4 is 11.8 Å². The summed E-state index contributed by atoms with van der Waals surface area (Å²) in [4.78, 5) is 26.5. The van der Waals surface area contributed by atoms with Gasteiger partial charge in [0.25, 0.3) is 11.8 Å². The number of hydrogen-bond acceptors (Lipinski definition) is 5. The number of nitrogens with zero attached hydrogens (tertiary/aromatic N) is 1. The van der Waals surface area contributed by atoms with Crippen molar-refractivity contribution in [2.75, 3.05) is 27.9 Å². The Balaban J connectivity index is 2.16. The predicted octanol–water partition coefficient (Wildman–Crippen LogP) is 3.44. The molecule has 0 spiro atoms. The highest BCUT2D eigenvalue weighted by atomic mass is 16.5. The topological polar surface area (TPSA) is 77.1 Å². The summed E-state index contributed by atoms with van der Waals surface area (Å²) in [5, 5.41) is 2.76. The van der Waals surface area contributed by atoms with Crippen LogP contribution in [0, 0.1) is 0 Å². The Morgan fingerprint density at radius 1 is 0.967 bits per heavy atom. The summed E-state index contributed by atoms with van der Waals surface area (Å²) >= 11 is 0. The molecule has 0 aromatic heterocycles. The molecule has 2 amide bonds. The Labute approximate surface area is 177 Å². The number of rotatable bonds is 9. The summed E-state index contributed by atoms with van der Waals surface area (Å²) in [6.45, 7) is 5.56. The van der Waals surface area contributed by atoms with Crippen molar-refractivity contribution in [2.24, 2.45) is 0 Å². The molecule has 0 radical (unpaired) electrons. The van der Waals surface area contributed by atoms with E-state index >= 15 is 0 Å². The molecule has 7 nitrogen and oxygen atoms in total. The lowest BCUT2D eigenvalue weighted by molar-refractivity contribution is -0.123. The van der Waals surface area contributed by atoms with Gasteiger partial charge < -0.3 is 24.4 Å². The van der Waals surface area contributed by atoms with Crippen LogP contribution < -0.4 is 19.5 Å². The van der Waals surface area contributed by atoms with Gasteiger partial charge in [-0.1, -0.05) is 18.2 Å². The number of para-hydroxylation sites is 1. The summed E-state index contributed by atoms with van der Waals surface area (Å²) in [6.07, 6.45) is 0. The molecule has 0 saturated heterocycles. The van der Waals surface area contributed by atoms with Crippen LogP contribution in [0.4, 0.5) is 0 Å². The van der Waals surface area contributed by atoms with E-state index in [1.54, 1.807) is 37.3 Å². The van der Waals surface area contributed by atoms with E-state index in [0.29, 0.717) is 17.1 Å². The fourth-order valence-electron chi connectivity index (χ4n) is 3.03. The molecule has 0 aliphatic rings. The third kappa shape index (κ3) is 5.65. The molecule has 1 N–H and O–H groups in total. The van der Waals surface area contributed by atoms with E-state index in [4.69, 9.17) is 14.2 Å². The van der Waals surface area contributed by atoms with Gasteiger partial charge in [-0.05, 0) is 45.0 Å². The lowest BCUT2D eigenvalue weighted by atomic mass is 10.0. The quantitative estimate of drug-likeness (QED) is 0.680. The number of hydrogen-bond donors (Lipinski definition) is 1. The van der Waals surface area contributed by atoms with Crippen molar-refractivity contribution < 1.29 is 23.8 Å². The first-order valence-electron chi connectivity index (χ1n) is 9.78. The molecule has 2 aromatic carbocycles. The van der Waals surface area contributed by atoms with Gasteiger partial charge in [-0.3, -0.25) is 9.59 Å². The van der Waals surface area contributed by atoms with Gasteiger partial charge in [0.15, 0.2) is 18.1 Å². The summed E-state index contributed by atoms with van der Waals surface area (Å²) in [5.74, 6) is 1.11. The molecule has 2 aromatic rings. The Morgan fingerprint density at radius 3 is 2.27 bits per heavy atom. The largest absolute Gasteiger partial charge is 0.496 e. The van der Waals surface area contributed by atoms with Gasteiger partial charge in [-0.15, -0.1) is 0 Å². The molecule has 0 bridgehead atoms. The Bertz CT molecular complexity index is 882. The third-order valence-electron chi connectivity index (χ3n) is 4.71. The molecule has 0 saturated carbocycles. The summed E-state index contributed by atoms with van der Waals surface area (Å²) < 4.78 is 16.3. The number of carbonyl (C=O) groups excluding carboxylic acids is 2. The lowest BCUT2D eigenvalue weighted by Gasteiger charge is -2.27. The SMILES string of the molecule is COc1cc(C(=O)N(C)C(C)c2ccccc2OC)ccc1OCC(=O)NC(C)C. The molecular formula is C23H30N2O5. The van der Waals surface area contributed by atoms with Crippen LogP contribution in [0.3, 0.4) is 0 Å². The first kappa shape index (κ1) is 23.1. The van der Waals surface area contributed by atoms with Crippen molar-refractivity contribution in [1.82, 2.24) is 10.2 Å². The van der Waals surface area contributed by atoms with Crippen molar-refractivity contribution in [3.05, 3.63) is 53.6 Å². The summed E-state index contributed by atoms with van der Waals surface area (Å²) in [5.41, 5.74) is 1.37. The van der Waals surface area contributed by atoms with Gasteiger partial charge in [0.1, 0.15) is 5.75 Å². The highest BCUT2D eigenvalue weighted by Gasteiger charge is 2.22. The first-order chi connectivity index (χ1) is 14.3. The third-order valence-corrected chi connectivity index (χ3v) is 4.71. The number of ether oxygens (including phenoxy) is 3. The van der Waals surface area contributed by atoms with Crippen LogP contribution in [-0.2, 0) is 4.79 Å². The van der Waals surface area contributed by atoms with Crippen molar-refractivity contribution in [3.63, 3.8) is 0 Å². The minimum absolute atomic E-state index is 0.0313. The van der Waals surface area contributed by atoms with Gasteiger partial charge >= 0.3 is 0 Å². The normalized spacial score (nSPS) is 11.6. The van der Waals surface area contributed by atoms with E-state index < -0.39 is 0 Å². The van der Waals surface area contributed by atoms with Crippen LogP contribution in [0.25, 0.3) is 0 Å². The fraction of sp³-hybridized carbons (Fsp3) is 0.391. The average Bonchev–Trinajstić information content (AvgIpc) is 2.75. The Morgan fingerprint density at radius 2 is 1.63 bits per heavy atom. The van der Waals surface area contributed by atoms with E-state index in [1.807, 2.05) is 45.0 Å². The van der Waals surface area contributed by atoms with E-state index in [-0.39, 0.29) is 30.5 Å². The number of amides is 2. The second-order valence-electron chi connectivity index (χ2n) is 7.21.